The summed E-state index contributed by atoms with van der Waals surface area (Å²) < 4.78 is 10.1. The first-order valence-electron chi connectivity index (χ1n) is 6.78. The van der Waals surface area contributed by atoms with Crippen LogP contribution in [-0.4, -0.2) is 47.7 Å². The lowest BCUT2D eigenvalue weighted by Gasteiger charge is -2.31. The van der Waals surface area contributed by atoms with Crippen molar-refractivity contribution < 1.29 is 23.8 Å². The normalized spacial score (nSPS) is 15.9. The number of carboxylic acids is 1. The molecular weight excluding hydrogens is 278 g/mol. The van der Waals surface area contributed by atoms with Crippen LogP contribution in [0.2, 0.25) is 0 Å². The van der Waals surface area contributed by atoms with Crippen molar-refractivity contribution in [3.8, 4) is 0 Å². The maximum absolute atomic E-state index is 12.2. The van der Waals surface area contributed by atoms with E-state index in [4.69, 9.17) is 9.84 Å². The summed E-state index contributed by atoms with van der Waals surface area (Å²) in [4.78, 5) is 35.1. The van der Waals surface area contributed by atoms with Gasteiger partial charge in [0.2, 0.25) is 0 Å². The van der Waals surface area contributed by atoms with E-state index in [0.29, 0.717) is 31.5 Å². The fraction of sp³-hybridized carbons (Fsp3) is 0.500. The molecule has 1 aliphatic heterocycles. The summed E-state index contributed by atoms with van der Waals surface area (Å²) in [5.74, 6) is -1.06. The highest BCUT2D eigenvalue weighted by Crippen LogP contribution is 2.16. The molecule has 21 heavy (non-hydrogen) atoms. The van der Waals surface area contributed by atoms with Gasteiger partial charge in [-0.3, -0.25) is 9.59 Å². The lowest BCUT2D eigenvalue weighted by atomic mass is 10.1. The molecule has 1 N–H and O–H groups in total. The lowest BCUT2D eigenvalue weighted by molar-refractivity contribution is -0.138. The number of nitrogens with zero attached hydrogens (tertiary/aromatic N) is 1. The zero-order chi connectivity index (χ0) is 15.2. The predicted molar refractivity (Wildman–Crippen MR) is 72.1 cm³/mol. The van der Waals surface area contributed by atoms with Gasteiger partial charge in [-0.25, -0.2) is 4.79 Å². The minimum atomic E-state index is -0.881. The largest absolute Gasteiger partial charge is 0.481 e. The molecule has 1 aromatic heterocycles. The molecule has 114 valence electrons. The maximum Gasteiger partial charge on any atom is 0.335 e. The van der Waals surface area contributed by atoms with Crippen molar-refractivity contribution in [2.75, 3.05) is 19.7 Å². The number of piperidine rings is 1. The van der Waals surface area contributed by atoms with Crippen LogP contribution in [-0.2, 0) is 9.53 Å². The molecule has 7 nitrogen and oxygen atoms in total. The third kappa shape index (κ3) is 4.42. The number of amides is 1. The number of ether oxygens (including phenoxy) is 1. The second-order valence-corrected chi connectivity index (χ2v) is 4.85. The fourth-order valence-corrected chi connectivity index (χ4v) is 2.20. The van der Waals surface area contributed by atoms with Crippen molar-refractivity contribution in [3.63, 3.8) is 0 Å². The van der Waals surface area contributed by atoms with Gasteiger partial charge >= 0.3 is 11.6 Å². The second kappa shape index (κ2) is 7.03. The van der Waals surface area contributed by atoms with Gasteiger partial charge in [0.1, 0.15) is 6.26 Å². The molecule has 2 rings (SSSR count). The van der Waals surface area contributed by atoms with Crippen LogP contribution in [0.15, 0.2) is 27.6 Å². The molecule has 0 radical (unpaired) electrons. The summed E-state index contributed by atoms with van der Waals surface area (Å²) in [6.07, 6.45) is 2.48. The van der Waals surface area contributed by atoms with Crippen LogP contribution in [0.1, 0.15) is 29.6 Å². The summed E-state index contributed by atoms with van der Waals surface area (Å²) in [6, 6.07) is 2.67. The van der Waals surface area contributed by atoms with Crippen molar-refractivity contribution in [2.45, 2.75) is 25.4 Å². The van der Waals surface area contributed by atoms with E-state index in [0.717, 1.165) is 0 Å². The number of hydrogen-bond donors (Lipinski definition) is 1. The molecule has 0 bridgehead atoms. The highest BCUT2D eigenvalue weighted by molar-refractivity contribution is 5.93. The van der Waals surface area contributed by atoms with Crippen molar-refractivity contribution in [2.24, 2.45) is 0 Å². The number of carbonyl (C=O) groups is 2. The third-order valence-electron chi connectivity index (χ3n) is 3.35. The predicted octanol–water partition coefficient (Wildman–Crippen LogP) is 0.736. The first-order chi connectivity index (χ1) is 10.1. The number of carbonyl (C=O) groups excluding carboxylic acids is 1. The van der Waals surface area contributed by atoms with Crippen molar-refractivity contribution >= 4 is 11.9 Å². The molecule has 1 aromatic rings. The van der Waals surface area contributed by atoms with Crippen molar-refractivity contribution in [1.82, 2.24) is 4.90 Å². The zero-order valence-electron chi connectivity index (χ0n) is 11.5. The second-order valence-electron chi connectivity index (χ2n) is 4.85. The monoisotopic (exact) mass is 295 g/mol. The standard InChI is InChI=1S/C14H17NO6/c16-12(17)5-8-20-11-3-6-15(7-4-11)14(19)10-1-2-13(18)21-9-10/h1-2,9,11H,3-8H2,(H,16,17). The van der Waals surface area contributed by atoms with E-state index >= 15 is 0 Å². The van der Waals surface area contributed by atoms with E-state index in [2.05, 4.69) is 4.42 Å². The minimum absolute atomic E-state index is 0.0117. The van der Waals surface area contributed by atoms with Crippen molar-refractivity contribution in [3.05, 3.63) is 34.4 Å². The fourth-order valence-electron chi connectivity index (χ4n) is 2.20. The molecule has 1 aliphatic rings. The van der Waals surface area contributed by atoms with Crippen molar-refractivity contribution in [1.29, 1.82) is 0 Å². The highest BCUT2D eigenvalue weighted by Gasteiger charge is 2.24. The Bertz CT molecular complexity index is 538. The zero-order valence-corrected chi connectivity index (χ0v) is 11.5. The molecule has 0 atom stereocenters. The molecule has 0 unspecified atom stereocenters. The van der Waals surface area contributed by atoms with Gasteiger partial charge in [-0.2, -0.15) is 0 Å². The number of carboxylic acid groups (broad SMARTS) is 1. The minimum Gasteiger partial charge on any atom is -0.481 e. The van der Waals surface area contributed by atoms with E-state index < -0.39 is 11.6 Å². The van der Waals surface area contributed by atoms with E-state index in [-0.39, 0.29) is 25.0 Å². The maximum atomic E-state index is 12.2. The number of rotatable bonds is 5. The van der Waals surface area contributed by atoms with Gasteiger partial charge in [0.15, 0.2) is 0 Å². The quantitative estimate of drug-likeness (QED) is 0.860. The number of likely N-dealkylation sites (tertiary alicyclic amines) is 1. The van der Waals surface area contributed by atoms with E-state index in [1.807, 2.05) is 0 Å². The average Bonchev–Trinajstić information content (AvgIpc) is 2.48. The summed E-state index contributed by atoms with van der Waals surface area (Å²) in [6.45, 7) is 1.27. The van der Waals surface area contributed by atoms with Gasteiger partial charge in [0.05, 0.1) is 24.7 Å². The number of aliphatic carboxylic acids is 1. The van der Waals surface area contributed by atoms with Gasteiger partial charge < -0.3 is 19.2 Å². The summed E-state index contributed by atoms with van der Waals surface area (Å²) in [5, 5.41) is 8.54. The molecule has 1 saturated heterocycles. The lowest BCUT2D eigenvalue weighted by Crippen LogP contribution is -2.41. The molecule has 7 heteroatoms. The van der Waals surface area contributed by atoms with E-state index in [1.54, 1.807) is 4.90 Å². The first kappa shape index (κ1) is 15.2. The summed E-state index contributed by atoms with van der Waals surface area (Å²) >= 11 is 0. The Hall–Kier alpha value is -2.15. The van der Waals surface area contributed by atoms with Crippen LogP contribution in [0.4, 0.5) is 0 Å². The smallest absolute Gasteiger partial charge is 0.335 e. The highest BCUT2D eigenvalue weighted by atomic mass is 16.5. The first-order valence-corrected chi connectivity index (χ1v) is 6.78. The Balaban J connectivity index is 1.80. The Kier molecular flexibility index (Phi) is 5.10. The molecular formula is C14H17NO6. The molecule has 1 amide bonds. The van der Waals surface area contributed by atoms with Gasteiger partial charge in [-0.1, -0.05) is 0 Å². The Morgan fingerprint density at radius 2 is 2.05 bits per heavy atom. The molecule has 0 spiro atoms. The third-order valence-corrected chi connectivity index (χ3v) is 3.35. The van der Waals surface area contributed by atoms with Crippen LogP contribution < -0.4 is 5.63 Å². The van der Waals surface area contributed by atoms with Crippen LogP contribution in [0, 0.1) is 0 Å². The molecule has 2 heterocycles. The molecule has 0 saturated carbocycles. The van der Waals surface area contributed by atoms with Gasteiger partial charge in [-0.05, 0) is 18.9 Å². The molecule has 0 aliphatic carbocycles. The Labute approximate surface area is 121 Å². The van der Waals surface area contributed by atoms with E-state index in [1.165, 1.54) is 18.4 Å². The van der Waals surface area contributed by atoms with Gasteiger partial charge in [0.25, 0.3) is 5.91 Å². The topological polar surface area (TPSA) is 97.0 Å². The summed E-state index contributed by atoms with van der Waals surface area (Å²) in [5.41, 5.74) is -0.142. The van der Waals surface area contributed by atoms with Crippen LogP contribution >= 0.6 is 0 Å². The molecule has 1 fully saturated rings. The summed E-state index contributed by atoms with van der Waals surface area (Å²) in [7, 11) is 0. The van der Waals surface area contributed by atoms with Gasteiger partial charge in [0, 0.05) is 19.2 Å². The van der Waals surface area contributed by atoms with Gasteiger partial charge in [-0.15, -0.1) is 0 Å². The van der Waals surface area contributed by atoms with Crippen LogP contribution in [0.3, 0.4) is 0 Å². The van der Waals surface area contributed by atoms with E-state index in [9.17, 15) is 14.4 Å². The Morgan fingerprint density at radius 1 is 1.33 bits per heavy atom. The van der Waals surface area contributed by atoms with Crippen LogP contribution in [0.25, 0.3) is 0 Å². The molecule has 0 aromatic carbocycles. The Morgan fingerprint density at radius 3 is 2.62 bits per heavy atom. The SMILES string of the molecule is O=C(O)CCOC1CCN(C(=O)c2ccc(=O)oc2)CC1. The van der Waals surface area contributed by atoms with Crippen LogP contribution in [0.5, 0.6) is 0 Å². The number of hydrogen-bond acceptors (Lipinski definition) is 5. The average molecular weight is 295 g/mol.